The van der Waals surface area contributed by atoms with Gasteiger partial charge in [-0.15, -0.1) is 0 Å². The summed E-state index contributed by atoms with van der Waals surface area (Å²) in [4.78, 5) is 9.43. The van der Waals surface area contributed by atoms with Crippen molar-refractivity contribution in [1.29, 1.82) is 0 Å². The minimum atomic E-state index is -0.887. The SMILES string of the molecule is CC1N=C(c2cnc3ccccc3c2)c2ccccc2OC1(C)Cl. The van der Waals surface area contributed by atoms with Crippen LogP contribution in [0.1, 0.15) is 25.0 Å². The number of aromatic nitrogens is 1. The molecule has 24 heavy (non-hydrogen) atoms. The summed E-state index contributed by atoms with van der Waals surface area (Å²) < 4.78 is 6.03. The van der Waals surface area contributed by atoms with E-state index in [1.54, 1.807) is 0 Å². The van der Waals surface area contributed by atoms with Crippen LogP contribution in [0.4, 0.5) is 0 Å². The maximum atomic E-state index is 6.56. The quantitative estimate of drug-likeness (QED) is 0.598. The molecule has 4 rings (SSSR count). The third kappa shape index (κ3) is 2.55. The predicted octanol–water partition coefficient (Wildman–Crippen LogP) is 4.81. The van der Waals surface area contributed by atoms with E-state index in [4.69, 9.17) is 21.3 Å². The number of benzene rings is 2. The van der Waals surface area contributed by atoms with Gasteiger partial charge in [-0.25, -0.2) is 0 Å². The molecule has 120 valence electrons. The molecule has 1 aromatic heterocycles. The van der Waals surface area contributed by atoms with E-state index < -0.39 is 5.06 Å². The number of hydrogen-bond donors (Lipinski definition) is 0. The van der Waals surface area contributed by atoms with Gasteiger partial charge in [0.2, 0.25) is 5.06 Å². The van der Waals surface area contributed by atoms with E-state index in [0.717, 1.165) is 33.5 Å². The molecular formula is C20H17ClN2O. The van der Waals surface area contributed by atoms with Crippen LogP contribution in [-0.4, -0.2) is 21.8 Å². The number of fused-ring (bicyclic) bond motifs is 2. The Hall–Kier alpha value is -2.39. The van der Waals surface area contributed by atoms with Gasteiger partial charge in [0.1, 0.15) is 11.8 Å². The number of rotatable bonds is 1. The van der Waals surface area contributed by atoms with Crippen LogP contribution in [0.15, 0.2) is 65.8 Å². The minimum Gasteiger partial charge on any atom is -0.469 e. The predicted molar refractivity (Wildman–Crippen MR) is 98.2 cm³/mol. The van der Waals surface area contributed by atoms with Crippen LogP contribution in [0.25, 0.3) is 10.9 Å². The number of aliphatic imine (C=N–C) groups is 1. The molecule has 0 radical (unpaired) electrons. The van der Waals surface area contributed by atoms with Gasteiger partial charge in [-0.3, -0.25) is 9.98 Å². The van der Waals surface area contributed by atoms with Gasteiger partial charge in [0.05, 0.1) is 11.2 Å². The Labute approximate surface area is 146 Å². The van der Waals surface area contributed by atoms with Crippen LogP contribution in [0.3, 0.4) is 0 Å². The lowest BCUT2D eigenvalue weighted by Gasteiger charge is -2.26. The fraction of sp³-hybridized carbons (Fsp3) is 0.200. The van der Waals surface area contributed by atoms with Crippen LogP contribution in [-0.2, 0) is 0 Å². The second-order valence-corrected chi connectivity index (χ2v) is 6.90. The van der Waals surface area contributed by atoms with Crippen LogP contribution < -0.4 is 4.74 Å². The second kappa shape index (κ2) is 5.60. The monoisotopic (exact) mass is 336 g/mol. The van der Waals surface area contributed by atoms with Gasteiger partial charge in [-0.05, 0) is 38.1 Å². The zero-order valence-electron chi connectivity index (χ0n) is 13.5. The van der Waals surface area contributed by atoms with Crippen molar-refractivity contribution in [2.45, 2.75) is 24.9 Å². The van der Waals surface area contributed by atoms with Gasteiger partial charge < -0.3 is 4.74 Å². The zero-order chi connectivity index (χ0) is 16.7. The highest BCUT2D eigenvalue weighted by Crippen LogP contribution is 2.35. The Morgan fingerprint density at radius 2 is 1.83 bits per heavy atom. The van der Waals surface area contributed by atoms with Gasteiger partial charge in [0.25, 0.3) is 0 Å². The summed E-state index contributed by atoms with van der Waals surface area (Å²) in [5.74, 6) is 0.742. The van der Waals surface area contributed by atoms with E-state index >= 15 is 0 Å². The Balaban J connectivity index is 1.94. The molecule has 2 heterocycles. The summed E-state index contributed by atoms with van der Waals surface area (Å²) in [6.07, 6.45) is 1.86. The summed E-state index contributed by atoms with van der Waals surface area (Å²) in [6, 6.07) is 17.8. The zero-order valence-corrected chi connectivity index (χ0v) is 14.3. The molecule has 3 nitrogen and oxygen atoms in total. The summed E-state index contributed by atoms with van der Waals surface area (Å²) in [5.41, 5.74) is 3.73. The summed E-state index contributed by atoms with van der Waals surface area (Å²) in [6.45, 7) is 3.81. The topological polar surface area (TPSA) is 34.5 Å². The lowest BCUT2D eigenvalue weighted by Crippen LogP contribution is -2.35. The molecule has 0 N–H and O–H groups in total. The van der Waals surface area contributed by atoms with Crippen LogP contribution in [0.5, 0.6) is 5.75 Å². The summed E-state index contributed by atoms with van der Waals surface area (Å²) in [7, 11) is 0. The van der Waals surface area contributed by atoms with Gasteiger partial charge in [0, 0.05) is 22.7 Å². The molecule has 2 unspecified atom stereocenters. The molecule has 1 aliphatic rings. The molecule has 2 aromatic carbocycles. The number of para-hydroxylation sites is 2. The van der Waals surface area contributed by atoms with Gasteiger partial charge in [0.15, 0.2) is 0 Å². The number of hydrogen-bond acceptors (Lipinski definition) is 3. The highest BCUT2D eigenvalue weighted by molar-refractivity contribution is 6.24. The largest absolute Gasteiger partial charge is 0.469 e. The molecule has 2 atom stereocenters. The van der Waals surface area contributed by atoms with E-state index in [2.05, 4.69) is 17.1 Å². The molecule has 4 heteroatoms. The van der Waals surface area contributed by atoms with Crippen molar-refractivity contribution in [3.8, 4) is 5.75 Å². The molecule has 3 aromatic rings. The summed E-state index contributed by atoms with van der Waals surface area (Å²) in [5, 5.41) is 0.198. The number of ether oxygens (including phenoxy) is 1. The molecule has 0 bridgehead atoms. The Kier molecular flexibility index (Phi) is 3.54. The average molecular weight is 337 g/mol. The van der Waals surface area contributed by atoms with E-state index in [0.29, 0.717) is 0 Å². The standard InChI is InChI=1S/C20H17ClN2O/c1-13-20(2,21)24-18-10-6-4-8-16(18)19(23-13)15-11-14-7-3-5-9-17(14)22-12-15/h3-13H,1-2H3. The molecule has 0 saturated heterocycles. The number of nitrogens with zero attached hydrogens (tertiary/aromatic N) is 2. The van der Waals surface area contributed by atoms with Crippen molar-refractivity contribution < 1.29 is 4.74 Å². The Bertz CT molecular complexity index is 949. The van der Waals surface area contributed by atoms with Crippen LogP contribution >= 0.6 is 11.6 Å². The summed E-state index contributed by atoms with van der Waals surface area (Å²) >= 11 is 6.56. The number of alkyl halides is 1. The lowest BCUT2D eigenvalue weighted by molar-refractivity contribution is 0.156. The average Bonchev–Trinajstić information content (AvgIpc) is 2.69. The van der Waals surface area contributed by atoms with Crippen molar-refractivity contribution in [3.05, 3.63) is 71.9 Å². The van der Waals surface area contributed by atoms with E-state index in [-0.39, 0.29) is 6.04 Å². The fourth-order valence-electron chi connectivity index (χ4n) is 2.86. The number of halogens is 1. The lowest BCUT2D eigenvalue weighted by atomic mass is 10.0. The van der Waals surface area contributed by atoms with Gasteiger partial charge >= 0.3 is 0 Å². The highest BCUT2D eigenvalue weighted by Gasteiger charge is 2.35. The van der Waals surface area contributed by atoms with E-state index in [1.807, 2.05) is 62.5 Å². The minimum absolute atomic E-state index is 0.201. The fourth-order valence-corrected chi connectivity index (χ4v) is 2.99. The normalized spacial score (nSPS) is 23.1. The maximum absolute atomic E-state index is 6.56. The van der Waals surface area contributed by atoms with Gasteiger partial charge in [-0.2, -0.15) is 0 Å². The Morgan fingerprint density at radius 1 is 1.08 bits per heavy atom. The highest BCUT2D eigenvalue weighted by atomic mass is 35.5. The molecular weight excluding hydrogens is 320 g/mol. The Morgan fingerprint density at radius 3 is 2.71 bits per heavy atom. The van der Waals surface area contributed by atoms with Crippen molar-refractivity contribution in [1.82, 2.24) is 4.98 Å². The smallest absolute Gasteiger partial charge is 0.201 e. The van der Waals surface area contributed by atoms with Crippen molar-refractivity contribution in [2.75, 3.05) is 0 Å². The molecule has 0 aliphatic carbocycles. The second-order valence-electron chi connectivity index (χ2n) is 6.15. The van der Waals surface area contributed by atoms with Crippen molar-refractivity contribution in [3.63, 3.8) is 0 Å². The first-order chi connectivity index (χ1) is 11.5. The first-order valence-corrected chi connectivity index (χ1v) is 8.33. The van der Waals surface area contributed by atoms with Crippen molar-refractivity contribution in [2.24, 2.45) is 4.99 Å². The molecule has 0 saturated carbocycles. The molecule has 0 amide bonds. The van der Waals surface area contributed by atoms with Gasteiger partial charge in [-0.1, -0.05) is 41.9 Å². The first-order valence-electron chi connectivity index (χ1n) is 7.95. The molecule has 1 aliphatic heterocycles. The van der Waals surface area contributed by atoms with Crippen molar-refractivity contribution >= 4 is 28.2 Å². The number of pyridine rings is 1. The van der Waals surface area contributed by atoms with E-state index in [1.165, 1.54) is 0 Å². The first kappa shape index (κ1) is 15.2. The van der Waals surface area contributed by atoms with Crippen LogP contribution in [0, 0.1) is 0 Å². The molecule has 0 spiro atoms. The third-order valence-electron chi connectivity index (χ3n) is 4.38. The third-order valence-corrected chi connectivity index (χ3v) is 4.78. The maximum Gasteiger partial charge on any atom is 0.201 e. The molecule has 0 fully saturated rings. The van der Waals surface area contributed by atoms with Crippen LogP contribution in [0.2, 0.25) is 0 Å². The van der Waals surface area contributed by atoms with E-state index in [9.17, 15) is 0 Å².